The van der Waals surface area contributed by atoms with Crippen LogP contribution in [0.15, 0.2) is 78.1 Å². The van der Waals surface area contributed by atoms with E-state index in [-0.39, 0.29) is 46.9 Å². The summed E-state index contributed by atoms with van der Waals surface area (Å²) in [7, 11) is 2.64. The van der Waals surface area contributed by atoms with E-state index in [1.54, 1.807) is 31.2 Å². The number of rotatable bonds is 11. The fraction of sp³-hybridized carbons (Fsp3) is 0.382. The number of nitrogens with zero attached hydrogens (tertiary/aromatic N) is 5. The first-order valence-electron chi connectivity index (χ1n) is 15.3. The molecule has 2 heterocycles. The van der Waals surface area contributed by atoms with Gasteiger partial charge in [-0.15, -0.1) is 0 Å². The smallest absolute Gasteiger partial charge is 0.416 e. The summed E-state index contributed by atoms with van der Waals surface area (Å²) < 4.78 is 86.9. The highest BCUT2D eigenvalue weighted by Crippen LogP contribution is 2.39. The molecule has 0 radical (unpaired) electrons. The molecular formula is C34H38F3N5O5S. The second-order valence-electron chi connectivity index (χ2n) is 11.8. The molecule has 1 saturated carbocycles. The summed E-state index contributed by atoms with van der Waals surface area (Å²) in [5.41, 5.74) is 0.809. The van der Waals surface area contributed by atoms with Crippen LogP contribution in [-0.4, -0.2) is 68.7 Å². The Balaban J connectivity index is 1.38. The Morgan fingerprint density at radius 3 is 2.42 bits per heavy atom. The molecule has 1 fully saturated rings. The number of halogens is 3. The maximum absolute atomic E-state index is 14.2. The quantitative estimate of drug-likeness (QED) is 0.181. The van der Waals surface area contributed by atoms with Gasteiger partial charge in [0.25, 0.3) is 10.0 Å². The monoisotopic (exact) mass is 685 g/mol. The fourth-order valence-electron chi connectivity index (χ4n) is 6.07. The van der Waals surface area contributed by atoms with E-state index in [1.807, 2.05) is 19.0 Å². The Morgan fingerprint density at radius 2 is 1.77 bits per heavy atom. The average molecular weight is 686 g/mol. The van der Waals surface area contributed by atoms with E-state index in [9.17, 15) is 21.6 Å². The SMILES string of the molecule is COc1ccc(CN(c2ccncn2)S(=O)(=O)c2ccc(O[C@H]3CC[C@H](c4cccc(C(F)(F)F)c4)C[C@@H]3N(C)C)nc2C)c(OC)c1. The van der Waals surface area contributed by atoms with Crippen LogP contribution in [0.2, 0.25) is 0 Å². The number of anilines is 1. The van der Waals surface area contributed by atoms with E-state index in [0.717, 1.165) is 6.07 Å². The average Bonchev–Trinajstić information content (AvgIpc) is 3.07. The van der Waals surface area contributed by atoms with Crippen LogP contribution in [0.4, 0.5) is 19.0 Å². The second kappa shape index (κ2) is 14.4. The number of sulfonamides is 1. The molecule has 48 heavy (non-hydrogen) atoms. The first-order chi connectivity index (χ1) is 22.8. The summed E-state index contributed by atoms with van der Waals surface area (Å²) in [6, 6.07) is 15.0. The Kier molecular flexibility index (Phi) is 10.4. The zero-order valence-electron chi connectivity index (χ0n) is 27.3. The van der Waals surface area contributed by atoms with Crippen molar-refractivity contribution in [3.8, 4) is 17.4 Å². The Bertz CT molecular complexity index is 1830. The van der Waals surface area contributed by atoms with Crippen LogP contribution in [0, 0.1) is 6.92 Å². The lowest BCUT2D eigenvalue weighted by Crippen LogP contribution is -2.46. The van der Waals surface area contributed by atoms with Crippen molar-refractivity contribution in [3.05, 3.63) is 95.6 Å². The van der Waals surface area contributed by atoms with Gasteiger partial charge < -0.3 is 19.1 Å². The number of benzene rings is 2. The number of pyridine rings is 1. The van der Waals surface area contributed by atoms with Gasteiger partial charge in [-0.2, -0.15) is 13.2 Å². The molecule has 0 aliphatic heterocycles. The van der Waals surface area contributed by atoms with E-state index in [4.69, 9.17) is 14.2 Å². The number of alkyl halides is 3. The maximum atomic E-state index is 14.2. The normalized spacial score (nSPS) is 18.4. The molecule has 3 atom stereocenters. The van der Waals surface area contributed by atoms with Crippen molar-refractivity contribution in [2.75, 3.05) is 32.6 Å². The largest absolute Gasteiger partial charge is 0.497 e. The van der Waals surface area contributed by atoms with Gasteiger partial charge in [-0.1, -0.05) is 18.2 Å². The molecule has 5 rings (SSSR count). The van der Waals surface area contributed by atoms with Crippen molar-refractivity contribution in [3.63, 3.8) is 0 Å². The number of likely N-dealkylation sites (N-methyl/N-ethyl adjacent to an activating group) is 1. The van der Waals surface area contributed by atoms with Gasteiger partial charge in [-0.05, 0) is 76.0 Å². The van der Waals surface area contributed by atoms with Gasteiger partial charge in [0, 0.05) is 36.0 Å². The van der Waals surface area contributed by atoms with Crippen LogP contribution in [0.3, 0.4) is 0 Å². The molecule has 4 aromatic rings. The van der Waals surface area contributed by atoms with Crippen LogP contribution in [-0.2, 0) is 22.7 Å². The van der Waals surface area contributed by atoms with E-state index in [1.165, 1.54) is 61.4 Å². The summed E-state index contributed by atoms with van der Waals surface area (Å²) in [6.07, 6.45) is -0.186. The predicted octanol–water partition coefficient (Wildman–Crippen LogP) is 6.26. The minimum atomic E-state index is -4.41. The van der Waals surface area contributed by atoms with E-state index < -0.39 is 21.8 Å². The van der Waals surface area contributed by atoms with Crippen molar-refractivity contribution < 1.29 is 35.8 Å². The lowest BCUT2D eigenvalue weighted by atomic mass is 9.79. The topological polar surface area (TPSA) is 107 Å². The van der Waals surface area contributed by atoms with Crippen molar-refractivity contribution >= 4 is 15.8 Å². The van der Waals surface area contributed by atoms with E-state index >= 15 is 0 Å². The molecule has 10 nitrogen and oxygen atoms in total. The van der Waals surface area contributed by atoms with E-state index in [0.29, 0.717) is 41.9 Å². The lowest BCUT2D eigenvalue weighted by molar-refractivity contribution is -0.137. The highest BCUT2D eigenvalue weighted by atomic mass is 32.2. The molecule has 2 aromatic carbocycles. The minimum absolute atomic E-state index is 0.0293. The third kappa shape index (κ3) is 7.65. The van der Waals surface area contributed by atoms with Gasteiger partial charge in [0.05, 0.1) is 32.0 Å². The van der Waals surface area contributed by atoms with Gasteiger partial charge in [-0.25, -0.2) is 27.7 Å². The van der Waals surface area contributed by atoms with Crippen LogP contribution >= 0.6 is 0 Å². The first-order valence-corrected chi connectivity index (χ1v) is 16.7. The number of aromatic nitrogens is 3. The second-order valence-corrected chi connectivity index (χ2v) is 13.6. The molecule has 0 bridgehead atoms. The zero-order valence-corrected chi connectivity index (χ0v) is 28.1. The standard InChI is InChI=1S/C34H38F3N5O5S/c1-22-31(48(43,44)42(32-15-16-38-21-39-32)20-25-9-11-27(45-4)19-30(25)46-5)13-14-33(40-22)47-29-12-10-24(18-28(29)41(2)3)23-7-6-8-26(17-23)34(35,36)37/h6-9,11,13-17,19,21,24,28-29H,10,12,18,20H2,1-5H3/t24-,28-,29-/m0/s1. The summed E-state index contributed by atoms with van der Waals surface area (Å²) >= 11 is 0. The highest BCUT2D eigenvalue weighted by Gasteiger charge is 2.37. The zero-order chi connectivity index (χ0) is 34.6. The maximum Gasteiger partial charge on any atom is 0.416 e. The summed E-state index contributed by atoms with van der Waals surface area (Å²) in [6.45, 7) is 1.50. The van der Waals surface area contributed by atoms with Gasteiger partial charge in [0.1, 0.15) is 34.6 Å². The van der Waals surface area contributed by atoms with Gasteiger partial charge in [0.2, 0.25) is 5.88 Å². The number of ether oxygens (including phenoxy) is 3. The Morgan fingerprint density at radius 1 is 0.979 bits per heavy atom. The Hall–Kier alpha value is -4.43. The summed E-state index contributed by atoms with van der Waals surface area (Å²) in [5.74, 6) is 1.35. The minimum Gasteiger partial charge on any atom is -0.497 e. The van der Waals surface area contributed by atoms with Crippen LogP contribution in [0.25, 0.3) is 0 Å². The van der Waals surface area contributed by atoms with Crippen LogP contribution in [0.5, 0.6) is 17.4 Å². The third-order valence-electron chi connectivity index (χ3n) is 8.59. The van der Waals surface area contributed by atoms with E-state index in [2.05, 4.69) is 15.0 Å². The lowest BCUT2D eigenvalue weighted by Gasteiger charge is -2.39. The number of methoxy groups -OCH3 is 2. The molecule has 0 unspecified atom stereocenters. The van der Waals surface area contributed by atoms with Gasteiger partial charge in [0.15, 0.2) is 0 Å². The van der Waals surface area contributed by atoms with Crippen molar-refractivity contribution in [1.82, 2.24) is 19.9 Å². The van der Waals surface area contributed by atoms with Crippen molar-refractivity contribution in [2.24, 2.45) is 0 Å². The Labute approximate surface area is 278 Å². The molecule has 2 aromatic heterocycles. The summed E-state index contributed by atoms with van der Waals surface area (Å²) in [4.78, 5) is 14.7. The van der Waals surface area contributed by atoms with Gasteiger partial charge in [-0.3, -0.25) is 0 Å². The predicted molar refractivity (Wildman–Crippen MR) is 174 cm³/mol. The van der Waals surface area contributed by atoms with Crippen LogP contribution < -0.4 is 18.5 Å². The first kappa shape index (κ1) is 34.9. The molecular weight excluding hydrogens is 647 g/mol. The summed E-state index contributed by atoms with van der Waals surface area (Å²) in [5, 5.41) is 0. The molecule has 1 aliphatic carbocycles. The van der Waals surface area contributed by atoms with Crippen molar-refractivity contribution in [2.45, 2.75) is 61.9 Å². The van der Waals surface area contributed by atoms with Crippen LogP contribution in [0.1, 0.15) is 47.6 Å². The molecule has 256 valence electrons. The molecule has 1 aliphatic rings. The molecule has 0 N–H and O–H groups in total. The molecule has 0 saturated heterocycles. The van der Waals surface area contributed by atoms with Gasteiger partial charge >= 0.3 is 6.18 Å². The third-order valence-corrected chi connectivity index (χ3v) is 10.5. The molecule has 0 amide bonds. The molecule has 0 spiro atoms. The number of hydrogen-bond acceptors (Lipinski definition) is 9. The number of aryl methyl sites for hydroxylation is 1. The molecule has 14 heteroatoms. The number of hydrogen-bond donors (Lipinski definition) is 0. The fourth-order valence-corrected chi connectivity index (χ4v) is 7.63. The van der Waals surface area contributed by atoms with Crippen molar-refractivity contribution in [1.29, 1.82) is 0 Å². The highest BCUT2D eigenvalue weighted by molar-refractivity contribution is 7.92.